The summed E-state index contributed by atoms with van der Waals surface area (Å²) in [6.07, 6.45) is 2.84. The largest absolute Gasteiger partial charge is 0.354 e. The van der Waals surface area contributed by atoms with Crippen molar-refractivity contribution in [3.8, 4) is 0 Å². The second-order valence-electron chi connectivity index (χ2n) is 9.77. The summed E-state index contributed by atoms with van der Waals surface area (Å²) in [4.78, 5) is 37.3. The van der Waals surface area contributed by atoms with Crippen molar-refractivity contribution in [1.29, 1.82) is 0 Å². The van der Waals surface area contributed by atoms with Crippen molar-refractivity contribution in [1.82, 2.24) is 20.1 Å². The predicted octanol–water partition coefficient (Wildman–Crippen LogP) is 2.84. The van der Waals surface area contributed by atoms with Crippen LogP contribution in [0.1, 0.15) is 43.9 Å². The number of nitrogens with zero attached hydrogens (tertiary/aromatic N) is 4. The lowest BCUT2D eigenvalue weighted by Crippen LogP contribution is -2.52. The number of anilines is 1. The Hall–Kier alpha value is -2.93. The Morgan fingerprint density at radius 1 is 1.06 bits per heavy atom. The van der Waals surface area contributed by atoms with E-state index in [-0.39, 0.29) is 17.7 Å². The van der Waals surface area contributed by atoms with Crippen molar-refractivity contribution in [2.45, 2.75) is 52.7 Å². The number of likely N-dealkylation sites (N-methyl/N-ethyl adjacent to an activating group) is 1. The van der Waals surface area contributed by atoms with Crippen LogP contribution in [0.15, 0.2) is 42.6 Å². The van der Waals surface area contributed by atoms with E-state index < -0.39 is 6.04 Å². The van der Waals surface area contributed by atoms with Gasteiger partial charge in [0.15, 0.2) is 0 Å². The maximum Gasteiger partial charge on any atom is 0.243 e. The summed E-state index contributed by atoms with van der Waals surface area (Å²) in [5.74, 6) is 1.17. The fourth-order valence-corrected chi connectivity index (χ4v) is 4.79. The van der Waals surface area contributed by atoms with E-state index in [1.54, 1.807) is 4.90 Å². The lowest BCUT2D eigenvalue weighted by Gasteiger charge is -2.36. The molecule has 34 heavy (non-hydrogen) atoms. The van der Waals surface area contributed by atoms with E-state index in [0.29, 0.717) is 25.9 Å². The van der Waals surface area contributed by atoms with Gasteiger partial charge in [0.2, 0.25) is 11.8 Å². The maximum atomic E-state index is 13.2. The van der Waals surface area contributed by atoms with Gasteiger partial charge in [0, 0.05) is 58.3 Å². The molecule has 3 heterocycles. The number of nitrogens with one attached hydrogen (secondary N) is 1. The summed E-state index contributed by atoms with van der Waals surface area (Å²) in [7, 11) is 0. The monoisotopic (exact) mass is 463 g/mol. The van der Waals surface area contributed by atoms with Crippen molar-refractivity contribution < 1.29 is 9.59 Å². The fourth-order valence-electron chi connectivity index (χ4n) is 4.79. The predicted molar refractivity (Wildman–Crippen MR) is 134 cm³/mol. The van der Waals surface area contributed by atoms with E-state index in [9.17, 15) is 9.59 Å². The molecule has 2 amide bonds. The molecule has 0 saturated carbocycles. The Morgan fingerprint density at radius 2 is 1.79 bits per heavy atom. The van der Waals surface area contributed by atoms with Gasteiger partial charge in [-0.3, -0.25) is 9.59 Å². The van der Waals surface area contributed by atoms with Gasteiger partial charge < -0.3 is 20.0 Å². The van der Waals surface area contributed by atoms with Crippen LogP contribution < -0.4 is 10.2 Å². The summed E-state index contributed by atoms with van der Waals surface area (Å²) in [5.41, 5.74) is 3.23. The first kappa shape index (κ1) is 24.2. The van der Waals surface area contributed by atoms with Gasteiger partial charge in [0.25, 0.3) is 0 Å². The van der Waals surface area contributed by atoms with Crippen molar-refractivity contribution >= 4 is 17.6 Å². The highest BCUT2D eigenvalue weighted by Gasteiger charge is 2.34. The summed E-state index contributed by atoms with van der Waals surface area (Å²) in [5, 5.41) is 3.06. The lowest BCUT2D eigenvalue weighted by molar-refractivity contribution is -0.142. The molecule has 182 valence electrons. The van der Waals surface area contributed by atoms with Crippen molar-refractivity contribution in [3.63, 3.8) is 0 Å². The van der Waals surface area contributed by atoms with Crippen molar-refractivity contribution in [3.05, 3.63) is 59.3 Å². The minimum atomic E-state index is -0.483. The highest BCUT2D eigenvalue weighted by Crippen LogP contribution is 2.25. The van der Waals surface area contributed by atoms with Gasteiger partial charge >= 0.3 is 0 Å². The van der Waals surface area contributed by atoms with E-state index in [1.165, 1.54) is 0 Å². The second kappa shape index (κ2) is 11.0. The quantitative estimate of drug-likeness (QED) is 0.684. The van der Waals surface area contributed by atoms with Crippen molar-refractivity contribution in [2.75, 3.05) is 37.6 Å². The van der Waals surface area contributed by atoms with Gasteiger partial charge in [0.1, 0.15) is 11.9 Å². The zero-order chi connectivity index (χ0) is 24.1. The normalized spacial score (nSPS) is 18.6. The zero-order valence-corrected chi connectivity index (χ0v) is 20.7. The molecular weight excluding hydrogens is 426 g/mol. The van der Waals surface area contributed by atoms with Gasteiger partial charge in [-0.2, -0.15) is 0 Å². The lowest BCUT2D eigenvalue weighted by atomic mass is 9.92. The molecule has 1 atom stereocenters. The molecule has 1 aromatic heterocycles. The number of rotatable bonds is 7. The molecule has 1 N–H and O–H groups in total. The number of piperazine rings is 1. The number of amides is 2. The van der Waals surface area contributed by atoms with Crippen LogP contribution >= 0.6 is 0 Å². The second-order valence-corrected chi connectivity index (χ2v) is 9.77. The van der Waals surface area contributed by atoms with Crippen LogP contribution in [0.5, 0.6) is 0 Å². The number of hydrogen-bond donors (Lipinski definition) is 1. The summed E-state index contributed by atoms with van der Waals surface area (Å²) in [6, 6.07) is 11.7. The third-order valence-corrected chi connectivity index (χ3v) is 6.87. The van der Waals surface area contributed by atoms with Crippen LogP contribution in [0.2, 0.25) is 0 Å². The van der Waals surface area contributed by atoms with Gasteiger partial charge in [-0.15, -0.1) is 0 Å². The van der Waals surface area contributed by atoms with Gasteiger partial charge in [-0.25, -0.2) is 4.98 Å². The first-order chi connectivity index (χ1) is 16.4. The minimum Gasteiger partial charge on any atom is -0.354 e. The fraction of sp³-hybridized carbons (Fsp3) is 0.519. The van der Waals surface area contributed by atoms with Gasteiger partial charge in [-0.05, 0) is 35.2 Å². The number of carbonyl (C=O) groups is 2. The van der Waals surface area contributed by atoms with E-state index in [1.807, 2.05) is 44.3 Å². The maximum absolute atomic E-state index is 13.2. The molecule has 7 nitrogen and oxygen atoms in total. The Bertz CT molecular complexity index is 983. The Kier molecular flexibility index (Phi) is 7.83. The first-order valence-electron chi connectivity index (χ1n) is 12.5. The van der Waals surface area contributed by atoms with Gasteiger partial charge in [-0.1, -0.05) is 51.1 Å². The molecule has 0 bridgehead atoms. The smallest absolute Gasteiger partial charge is 0.243 e. The number of aromatic nitrogens is 1. The average Bonchev–Trinajstić information content (AvgIpc) is 2.86. The molecule has 0 spiro atoms. The van der Waals surface area contributed by atoms with Crippen LogP contribution in [0, 0.1) is 5.92 Å². The topological polar surface area (TPSA) is 68.8 Å². The van der Waals surface area contributed by atoms with Crippen LogP contribution in [0.25, 0.3) is 0 Å². The molecule has 1 fully saturated rings. The third kappa shape index (κ3) is 5.76. The number of hydrogen-bond acceptors (Lipinski definition) is 5. The number of fused-ring (bicyclic) bond motifs is 1. The van der Waals surface area contributed by atoms with Crippen LogP contribution in [-0.4, -0.2) is 65.4 Å². The van der Waals surface area contributed by atoms with Crippen LogP contribution in [0.4, 0.5) is 5.82 Å². The Labute approximate surface area is 203 Å². The van der Waals surface area contributed by atoms with E-state index >= 15 is 0 Å². The SMILES string of the molecule is CCN1CCN(c2ccc(CNC(=O)C3Cc4ccccc4CN3C(=O)CC(C)C)cn2)CC1. The molecule has 2 aliphatic rings. The number of carbonyl (C=O) groups excluding carboxylic acids is 2. The summed E-state index contributed by atoms with van der Waals surface area (Å²) < 4.78 is 0. The Balaban J connectivity index is 1.38. The molecular formula is C27H37N5O2. The minimum absolute atomic E-state index is 0.0406. The average molecular weight is 464 g/mol. The molecule has 2 aliphatic heterocycles. The molecule has 2 aromatic rings. The van der Waals surface area contributed by atoms with Crippen LogP contribution in [0.3, 0.4) is 0 Å². The van der Waals surface area contributed by atoms with Crippen LogP contribution in [-0.2, 0) is 29.1 Å². The van der Waals surface area contributed by atoms with Crippen molar-refractivity contribution in [2.24, 2.45) is 5.92 Å². The molecule has 0 aliphatic carbocycles. The van der Waals surface area contributed by atoms with Gasteiger partial charge in [0.05, 0.1) is 0 Å². The number of benzene rings is 1. The molecule has 7 heteroatoms. The summed E-state index contributed by atoms with van der Waals surface area (Å²) >= 11 is 0. The third-order valence-electron chi connectivity index (χ3n) is 6.87. The molecule has 4 rings (SSSR count). The highest BCUT2D eigenvalue weighted by atomic mass is 16.2. The van der Waals surface area contributed by atoms with E-state index in [2.05, 4.69) is 39.2 Å². The molecule has 1 saturated heterocycles. The number of pyridine rings is 1. The molecule has 1 aromatic carbocycles. The molecule has 1 unspecified atom stereocenters. The molecule has 0 radical (unpaired) electrons. The first-order valence-corrected chi connectivity index (χ1v) is 12.5. The summed E-state index contributed by atoms with van der Waals surface area (Å²) in [6.45, 7) is 12.3. The standard InChI is InChI=1S/C27H37N5O2/c1-4-30-11-13-31(14-12-30)25-10-9-21(17-28-25)18-29-27(34)24-16-22-7-5-6-8-23(22)19-32(24)26(33)15-20(2)3/h5-10,17,20,24H,4,11-16,18-19H2,1-3H3,(H,29,34). The van der Waals surface area contributed by atoms with E-state index in [0.717, 1.165) is 55.2 Å². The van der Waals surface area contributed by atoms with E-state index in [4.69, 9.17) is 0 Å². The zero-order valence-electron chi connectivity index (χ0n) is 20.7. The highest BCUT2D eigenvalue weighted by molar-refractivity contribution is 5.88. The Morgan fingerprint density at radius 3 is 2.44 bits per heavy atom.